The van der Waals surface area contributed by atoms with Crippen LogP contribution in [0.2, 0.25) is 0 Å². The molecule has 134 valence electrons. The topological polar surface area (TPSA) is 84.2 Å². The van der Waals surface area contributed by atoms with Crippen molar-refractivity contribution in [2.24, 2.45) is 5.92 Å². The lowest BCUT2D eigenvalue weighted by atomic mass is 10.0. The van der Waals surface area contributed by atoms with Crippen LogP contribution in [-0.2, 0) is 17.8 Å². The van der Waals surface area contributed by atoms with Gasteiger partial charge in [-0.1, -0.05) is 25.1 Å². The third-order valence-corrected chi connectivity index (χ3v) is 4.58. The predicted molar refractivity (Wildman–Crippen MR) is 92.4 cm³/mol. The van der Waals surface area contributed by atoms with Crippen molar-refractivity contribution in [3.63, 3.8) is 0 Å². The summed E-state index contributed by atoms with van der Waals surface area (Å²) in [7, 11) is 1.83. The smallest absolute Gasteiger partial charge is 0.240 e. The van der Waals surface area contributed by atoms with Gasteiger partial charge in [-0.15, -0.1) is 0 Å². The quantitative estimate of drug-likeness (QED) is 0.829. The Morgan fingerprint density at radius 1 is 1.44 bits per heavy atom. The van der Waals surface area contributed by atoms with E-state index in [1.807, 2.05) is 25.4 Å². The van der Waals surface area contributed by atoms with E-state index in [1.54, 1.807) is 11.1 Å². The summed E-state index contributed by atoms with van der Waals surface area (Å²) in [4.78, 5) is 22.5. The summed E-state index contributed by atoms with van der Waals surface area (Å²) in [6.07, 6.45) is 5.86. The van der Waals surface area contributed by atoms with Gasteiger partial charge >= 0.3 is 0 Å². The fourth-order valence-electron chi connectivity index (χ4n) is 3.16. The number of nitrogens with one attached hydrogen (secondary N) is 1. The van der Waals surface area contributed by atoms with E-state index in [-0.39, 0.29) is 18.0 Å². The van der Waals surface area contributed by atoms with Crippen LogP contribution in [0.5, 0.6) is 0 Å². The van der Waals surface area contributed by atoms with Crippen LogP contribution in [0.4, 0.5) is 0 Å². The van der Waals surface area contributed by atoms with E-state index in [0.29, 0.717) is 24.8 Å². The van der Waals surface area contributed by atoms with Gasteiger partial charge in [0.05, 0.1) is 12.6 Å². The van der Waals surface area contributed by atoms with Gasteiger partial charge in [-0.3, -0.25) is 9.78 Å². The van der Waals surface area contributed by atoms with Gasteiger partial charge in [-0.2, -0.15) is 4.98 Å². The highest BCUT2D eigenvalue weighted by molar-refractivity contribution is 5.80. The molecular weight excluding hydrogens is 318 g/mol. The van der Waals surface area contributed by atoms with E-state index in [1.165, 1.54) is 0 Å². The highest BCUT2D eigenvalue weighted by Crippen LogP contribution is 2.31. The molecule has 7 nitrogen and oxygen atoms in total. The zero-order chi connectivity index (χ0) is 17.8. The Kier molecular flexibility index (Phi) is 5.43. The normalized spacial score (nSPS) is 20.6. The molecule has 1 saturated heterocycles. The summed E-state index contributed by atoms with van der Waals surface area (Å²) < 4.78 is 5.32. The molecule has 0 unspecified atom stereocenters. The highest BCUT2D eigenvalue weighted by Gasteiger charge is 2.38. The van der Waals surface area contributed by atoms with Gasteiger partial charge in [-0.05, 0) is 24.0 Å². The fraction of sp³-hybridized carbons (Fsp3) is 0.556. The number of aromatic nitrogens is 3. The number of aryl methyl sites for hydroxylation is 1. The first-order chi connectivity index (χ1) is 12.0. The molecule has 2 aromatic rings. The minimum Gasteiger partial charge on any atom is -0.338 e. The summed E-state index contributed by atoms with van der Waals surface area (Å²) in [5.74, 6) is 2.04. The van der Waals surface area contributed by atoms with Gasteiger partial charge in [-0.25, -0.2) is 0 Å². The maximum atomic E-state index is 12.1. The lowest BCUT2D eigenvalue weighted by molar-refractivity contribution is -0.127. The molecule has 2 aromatic heterocycles. The van der Waals surface area contributed by atoms with Crippen LogP contribution < -0.4 is 5.32 Å². The first-order valence-electron chi connectivity index (χ1n) is 8.75. The number of hydrogen-bond donors (Lipinski definition) is 1. The second-order valence-corrected chi connectivity index (χ2v) is 6.96. The molecule has 0 spiro atoms. The minimum absolute atomic E-state index is 0.00675. The summed E-state index contributed by atoms with van der Waals surface area (Å²) in [6, 6.07) is 3.84. The van der Waals surface area contributed by atoms with Crippen molar-refractivity contribution in [2.45, 2.75) is 51.7 Å². The number of likely N-dealkylation sites (tertiary alicyclic amines) is 1. The van der Waals surface area contributed by atoms with Crippen molar-refractivity contribution in [1.82, 2.24) is 25.3 Å². The van der Waals surface area contributed by atoms with Gasteiger partial charge in [0.1, 0.15) is 0 Å². The molecule has 7 heteroatoms. The average Bonchev–Trinajstić information content (AvgIpc) is 3.17. The lowest BCUT2D eigenvalue weighted by Gasteiger charge is -2.25. The zero-order valence-electron chi connectivity index (χ0n) is 15.0. The minimum atomic E-state index is -0.0375. The Bertz CT molecular complexity index is 701. The van der Waals surface area contributed by atoms with Crippen molar-refractivity contribution in [2.75, 3.05) is 7.05 Å². The van der Waals surface area contributed by atoms with E-state index in [4.69, 9.17) is 4.52 Å². The highest BCUT2D eigenvalue weighted by atomic mass is 16.5. The summed E-state index contributed by atoms with van der Waals surface area (Å²) >= 11 is 0. The summed E-state index contributed by atoms with van der Waals surface area (Å²) in [6.45, 7) is 4.81. The molecule has 0 saturated carbocycles. The number of hydrogen-bond acceptors (Lipinski definition) is 6. The molecule has 0 aromatic carbocycles. The van der Waals surface area contributed by atoms with E-state index in [0.717, 1.165) is 24.2 Å². The van der Waals surface area contributed by atoms with Crippen molar-refractivity contribution in [1.29, 1.82) is 0 Å². The molecule has 3 rings (SSSR count). The van der Waals surface area contributed by atoms with Gasteiger partial charge in [0, 0.05) is 38.3 Å². The Morgan fingerprint density at radius 3 is 3.00 bits per heavy atom. The number of carbonyl (C=O) groups is 1. The number of rotatable bonds is 7. The van der Waals surface area contributed by atoms with E-state index in [9.17, 15) is 4.79 Å². The van der Waals surface area contributed by atoms with E-state index < -0.39 is 0 Å². The van der Waals surface area contributed by atoms with Crippen LogP contribution in [0.25, 0.3) is 0 Å². The summed E-state index contributed by atoms with van der Waals surface area (Å²) in [5, 5.41) is 7.43. The summed E-state index contributed by atoms with van der Waals surface area (Å²) in [5.41, 5.74) is 1.02. The maximum Gasteiger partial charge on any atom is 0.240 e. The lowest BCUT2D eigenvalue weighted by Crippen LogP contribution is -2.34. The van der Waals surface area contributed by atoms with Gasteiger partial charge in [0.25, 0.3) is 0 Å². The largest absolute Gasteiger partial charge is 0.338 e. The Morgan fingerprint density at radius 2 is 2.28 bits per heavy atom. The van der Waals surface area contributed by atoms with Gasteiger partial charge in [0.15, 0.2) is 5.82 Å². The third-order valence-electron chi connectivity index (χ3n) is 4.58. The molecule has 25 heavy (non-hydrogen) atoms. The predicted octanol–water partition coefficient (Wildman–Crippen LogP) is 2.11. The van der Waals surface area contributed by atoms with Crippen molar-refractivity contribution in [3.05, 3.63) is 41.8 Å². The molecule has 3 heterocycles. The number of nitrogens with zero attached hydrogens (tertiary/aromatic N) is 4. The van der Waals surface area contributed by atoms with E-state index in [2.05, 4.69) is 34.3 Å². The SMILES string of the molecule is CC(C)CCc1noc(CN[C@@H]2CC(=O)N(C)[C@H]2c2cccnc2)n1. The molecule has 2 atom stereocenters. The van der Waals surface area contributed by atoms with Crippen LogP contribution >= 0.6 is 0 Å². The number of likely N-dealkylation sites (N-methyl/N-ethyl adjacent to an activating group) is 1. The second kappa shape index (κ2) is 7.74. The average molecular weight is 343 g/mol. The standard InChI is InChI=1S/C18H25N5O2/c1-12(2)6-7-15-21-16(25-22-15)11-20-14-9-17(24)23(3)18(14)13-5-4-8-19-10-13/h4-5,8,10,12,14,18,20H,6-7,9,11H2,1-3H3/t14-,18+/m1/s1. The maximum absolute atomic E-state index is 12.1. The van der Waals surface area contributed by atoms with Crippen LogP contribution in [0, 0.1) is 5.92 Å². The Hall–Kier alpha value is -2.28. The third kappa shape index (κ3) is 4.22. The van der Waals surface area contributed by atoms with Crippen LogP contribution in [0.3, 0.4) is 0 Å². The van der Waals surface area contributed by atoms with Crippen LogP contribution in [-0.4, -0.2) is 39.0 Å². The number of pyridine rings is 1. The molecule has 1 aliphatic heterocycles. The zero-order valence-corrected chi connectivity index (χ0v) is 15.0. The van der Waals surface area contributed by atoms with Crippen molar-refractivity contribution < 1.29 is 9.32 Å². The van der Waals surface area contributed by atoms with Gasteiger partial charge < -0.3 is 14.7 Å². The fourth-order valence-corrected chi connectivity index (χ4v) is 3.16. The first kappa shape index (κ1) is 17.5. The molecule has 0 radical (unpaired) electrons. The molecule has 0 aliphatic carbocycles. The Balaban J connectivity index is 1.62. The number of carbonyl (C=O) groups excluding carboxylic acids is 1. The second-order valence-electron chi connectivity index (χ2n) is 6.96. The van der Waals surface area contributed by atoms with Crippen molar-refractivity contribution in [3.8, 4) is 0 Å². The molecular formula is C18H25N5O2. The molecule has 1 amide bonds. The monoisotopic (exact) mass is 343 g/mol. The van der Waals surface area contributed by atoms with Crippen LogP contribution in [0.15, 0.2) is 29.0 Å². The van der Waals surface area contributed by atoms with Crippen molar-refractivity contribution >= 4 is 5.91 Å². The van der Waals surface area contributed by atoms with Crippen LogP contribution in [0.1, 0.15) is 50.0 Å². The first-order valence-corrected chi connectivity index (χ1v) is 8.75. The number of amides is 1. The van der Waals surface area contributed by atoms with Gasteiger partial charge in [0.2, 0.25) is 11.8 Å². The molecule has 0 bridgehead atoms. The van der Waals surface area contributed by atoms with E-state index >= 15 is 0 Å². The molecule has 1 N–H and O–H groups in total. The molecule has 1 aliphatic rings. The molecule has 1 fully saturated rings. The Labute approximate surface area is 147 Å².